The Bertz CT molecular complexity index is 643. The Labute approximate surface area is 120 Å². The van der Waals surface area contributed by atoms with E-state index in [0.29, 0.717) is 10.8 Å². The molecule has 0 atom stereocenters. The van der Waals surface area contributed by atoms with E-state index in [2.05, 4.69) is 4.98 Å². The van der Waals surface area contributed by atoms with Crippen LogP contribution in [0.1, 0.15) is 16.1 Å². The fourth-order valence-corrected chi connectivity index (χ4v) is 2.74. The van der Waals surface area contributed by atoms with Crippen LogP contribution in [0.25, 0.3) is 0 Å². The summed E-state index contributed by atoms with van der Waals surface area (Å²) in [5.41, 5.74) is 1.47. The standard InChI is InChI=1S/C14H14FN3OS/c1-9-10(2)20-14(17-9)18(5-6-19)13-4-3-11(8-16)7-12(13)15/h3-4,7,19H,5-6H2,1-2H3. The third-order valence-corrected chi connectivity index (χ3v) is 4.04. The zero-order chi connectivity index (χ0) is 14.7. The SMILES string of the molecule is Cc1nc(N(CCO)c2ccc(C#N)cc2F)sc1C. The Kier molecular flexibility index (Phi) is 4.32. The highest BCUT2D eigenvalue weighted by Gasteiger charge is 2.17. The number of thiazole rings is 1. The predicted octanol–water partition coefficient (Wildman–Crippen LogP) is 2.90. The summed E-state index contributed by atoms with van der Waals surface area (Å²) in [6, 6.07) is 6.17. The van der Waals surface area contributed by atoms with E-state index >= 15 is 0 Å². The highest BCUT2D eigenvalue weighted by Crippen LogP contribution is 2.32. The quantitative estimate of drug-likeness (QED) is 0.941. The van der Waals surface area contributed by atoms with Gasteiger partial charge >= 0.3 is 0 Å². The molecule has 0 aliphatic heterocycles. The van der Waals surface area contributed by atoms with Crippen LogP contribution in [0.5, 0.6) is 0 Å². The van der Waals surface area contributed by atoms with E-state index < -0.39 is 5.82 Å². The summed E-state index contributed by atoms with van der Waals surface area (Å²) in [6.07, 6.45) is 0. The molecule has 0 radical (unpaired) electrons. The molecule has 1 aromatic carbocycles. The lowest BCUT2D eigenvalue weighted by atomic mass is 10.2. The second-order valence-electron chi connectivity index (χ2n) is 4.29. The maximum atomic E-state index is 14.1. The molecule has 1 aromatic heterocycles. The van der Waals surface area contributed by atoms with E-state index in [1.165, 1.54) is 23.5 Å². The first-order chi connectivity index (χ1) is 9.56. The number of aromatic nitrogens is 1. The molecule has 0 aliphatic rings. The molecule has 1 N–H and O–H groups in total. The van der Waals surface area contributed by atoms with E-state index in [1.807, 2.05) is 19.9 Å². The molecule has 2 aromatic rings. The topological polar surface area (TPSA) is 60.1 Å². The number of hydrogen-bond donors (Lipinski definition) is 1. The minimum atomic E-state index is -0.497. The molecule has 0 saturated carbocycles. The minimum Gasteiger partial charge on any atom is -0.395 e. The van der Waals surface area contributed by atoms with Crippen LogP contribution in [0, 0.1) is 31.0 Å². The monoisotopic (exact) mass is 291 g/mol. The van der Waals surface area contributed by atoms with Crippen LogP contribution in [0.4, 0.5) is 15.2 Å². The third kappa shape index (κ3) is 2.79. The fraction of sp³-hybridized carbons (Fsp3) is 0.286. The maximum absolute atomic E-state index is 14.1. The number of benzene rings is 1. The van der Waals surface area contributed by atoms with Gasteiger partial charge in [-0.1, -0.05) is 0 Å². The van der Waals surface area contributed by atoms with E-state index in [1.54, 1.807) is 11.0 Å². The van der Waals surface area contributed by atoms with E-state index in [-0.39, 0.29) is 18.7 Å². The molecule has 0 amide bonds. The van der Waals surface area contributed by atoms with Crippen LogP contribution in [-0.2, 0) is 0 Å². The zero-order valence-electron chi connectivity index (χ0n) is 11.2. The Morgan fingerprint density at radius 2 is 2.20 bits per heavy atom. The number of rotatable bonds is 4. The molecule has 2 rings (SSSR count). The van der Waals surface area contributed by atoms with Crippen molar-refractivity contribution in [3.05, 3.63) is 40.2 Å². The lowest BCUT2D eigenvalue weighted by Crippen LogP contribution is -2.22. The van der Waals surface area contributed by atoms with Gasteiger partial charge in [-0.2, -0.15) is 5.26 Å². The van der Waals surface area contributed by atoms with Crippen LogP contribution < -0.4 is 4.90 Å². The first kappa shape index (κ1) is 14.4. The summed E-state index contributed by atoms with van der Waals surface area (Å²) in [5.74, 6) is -0.497. The number of halogens is 1. The average molecular weight is 291 g/mol. The normalized spacial score (nSPS) is 10.3. The number of hydrogen-bond acceptors (Lipinski definition) is 5. The number of aliphatic hydroxyl groups is 1. The molecule has 1 heterocycles. The number of nitriles is 1. The first-order valence-corrected chi connectivity index (χ1v) is 6.90. The van der Waals surface area contributed by atoms with Gasteiger partial charge in [0, 0.05) is 11.4 Å². The van der Waals surface area contributed by atoms with Crippen molar-refractivity contribution < 1.29 is 9.50 Å². The van der Waals surface area contributed by atoms with Crippen LogP contribution in [0.15, 0.2) is 18.2 Å². The Morgan fingerprint density at radius 3 is 2.70 bits per heavy atom. The molecule has 0 unspecified atom stereocenters. The van der Waals surface area contributed by atoms with Crippen LogP contribution >= 0.6 is 11.3 Å². The van der Waals surface area contributed by atoms with Crippen molar-refractivity contribution in [2.75, 3.05) is 18.1 Å². The third-order valence-electron chi connectivity index (χ3n) is 2.94. The van der Waals surface area contributed by atoms with Gasteiger partial charge in [0.1, 0.15) is 5.82 Å². The Morgan fingerprint density at radius 1 is 1.45 bits per heavy atom. The van der Waals surface area contributed by atoms with Gasteiger partial charge in [-0.15, -0.1) is 11.3 Å². The summed E-state index contributed by atoms with van der Waals surface area (Å²) in [5, 5.41) is 18.6. The Balaban J connectivity index is 2.46. The van der Waals surface area contributed by atoms with Crippen molar-refractivity contribution in [1.82, 2.24) is 4.98 Å². The highest BCUT2D eigenvalue weighted by molar-refractivity contribution is 7.15. The molecule has 0 saturated heterocycles. The van der Waals surface area contributed by atoms with Gasteiger partial charge in [0.2, 0.25) is 0 Å². The molecule has 104 valence electrons. The largest absolute Gasteiger partial charge is 0.395 e. The highest BCUT2D eigenvalue weighted by atomic mass is 32.1. The molecule has 4 nitrogen and oxygen atoms in total. The van der Waals surface area contributed by atoms with Crippen LogP contribution in [0.2, 0.25) is 0 Å². The van der Waals surface area contributed by atoms with E-state index in [9.17, 15) is 9.50 Å². The molecule has 0 bridgehead atoms. The smallest absolute Gasteiger partial charge is 0.190 e. The van der Waals surface area contributed by atoms with Crippen molar-refractivity contribution >= 4 is 22.2 Å². The van der Waals surface area contributed by atoms with E-state index in [4.69, 9.17) is 5.26 Å². The minimum absolute atomic E-state index is 0.114. The van der Waals surface area contributed by atoms with Gasteiger partial charge < -0.3 is 10.0 Å². The molecule has 20 heavy (non-hydrogen) atoms. The fourth-order valence-electron chi connectivity index (χ4n) is 1.79. The van der Waals surface area contributed by atoms with Gasteiger partial charge in [-0.25, -0.2) is 9.37 Å². The number of nitrogens with zero attached hydrogens (tertiary/aromatic N) is 3. The second kappa shape index (κ2) is 5.99. The summed E-state index contributed by atoms with van der Waals surface area (Å²) in [7, 11) is 0. The second-order valence-corrected chi connectivity index (χ2v) is 5.47. The average Bonchev–Trinajstić information content (AvgIpc) is 2.76. The number of anilines is 2. The van der Waals surface area contributed by atoms with Crippen molar-refractivity contribution in [3.63, 3.8) is 0 Å². The number of aliphatic hydroxyl groups excluding tert-OH is 1. The van der Waals surface area contributed by atoms with Gasteiger partial charge in [-0.3, -0.25) is 0 Å². The molecule has 0 spiro atoms. The van der Waals surface area contributed by atoms with E-state index in [0.717, 1.165) is 10.6 Å². The molecular formula is C14H14FN3OS. The van der Waals surface area contributed by atoms with Crippen molar-refractivity contribution in [2.24, 2.45) is 0 Å². The molecule has 6 heteroatoms. The van der Waals surface area contributed by atoms with Crippen LogP contribution in [0.3, 0.4) is 0 Å². The molecular weight excluding hydrogens is 277 g/mol. The lowest BCUT2D eigenvalue weighted by Gasteiger charge is -2.21. The summed E-state index contributed by atoms with van der Waals surface area (Å²) in [6.45, 7) is 3.97. The van der Waals surface area contributed by atoms with Gasteiger partial charge in [0.15, 0.2) is 5.13 Å². The summed E-state index contributed by atoms with van der Waals surface area (Å²) < 4.78 is 14.1. The lowest BCUT2D eigenvalue weighted by molar-refractivity contribution is 0.305. The van der Waals surface area contributed by atoms with Gasteiger partial charge in [0.25, 0.3) is 0 Å². The Hall–Kier alpha value is -1.97. The number of aryl methyl sites for hydroxylation is 2. The van der Waals surface area contributed by atoms with Crippen molar-refractivity contribution in [1.29, 1.82) is 5.26 Å². The maximum Gasteiger partial charge on any atom is 0.190 e. The van der Waals surface area contributed by atoms with Crippen molar-refractivity contribution in [3.8, 4) is 6.07 Å². The van der Waals surface area contributed by atoms with Crippen LogP contribution in [-0.4, -0.2) is 23.2 Å². The molecule has 0 aliphatic carbocycles. The summed E-state index contributed by atoms with van der Waals surface area (Å²) >= 11 is 1.45. The first-order valence-electron chi connectivity index (χ1n) is 6.09. The predicted molar refractivity (Wildman–Crippen MR) is 76.8 cm³/mol. The molecule has 0 fully saturated rings. The summed E-state index contributed by atoms with van der Waals surface area (Å²) in [4.78, 5) is 7.07. The van der Waals surface area contributed by atoms with Gasteiger partial charge in [-0.05, 0) is 32.0 Å². The van der Waals surface area contributed by atoms with Crippen molar-refractivity contribution in [2.45, 2.75) is 13.8 Å². The van der Waals surface area contributed by atoms with Gasteiger partial charge in [0.05, 0.1) is 29.6 Å². The zero-order valence-corrected chi connectivity index (χ0v) is 12.0.